The third kappa shape index (κ3) is 4.19. The van der Waals surface area contributed by atoms with Crippen LogP contribution in [0.3, 0.4) is 0 Å². The lowest BCUT2D eigenvalue weighted by molar-refractivity contribution is 0.00446. The Hall–Kier alpha value is -2.28. The van der Waals surface area contributed by atoms with E-state index in [2.05, 4.69) is 25.6 Å². The highest BCUT2D eigenvalue weighted by atomic mass is 35.5. The third-order valence-electron chi connectivity index (χ3n) is 5.76. The molecular weight excluding hydrogens is 458 g/mol. The van der Waals surface area contributed by atoms with Gasteiger partial charge in [0.05, 0.1) is 41.6 Å². The molecule has 1 saturated heterocycles. The largest absolute Gasteiger partial charge is 0.396 e. The molecule has 1 aromatic carbocycles. The molecule has 0 spiro atoms. The highest BCUT2D eigenvalue weighted by molar-refractivity contribution is 7.21. The van der Waals surface area contributed by atoms with Gasteiger partial charge in [-0.2, -0.15) is 4.98 Å². The number of aromatic amines is 1. The maximum Gasteiger partial charge on any atom is 0.264 e. The molecule has 2 aliphatic rings. The number of rotatable bonds is 6. The summed E-state index contributed by atoms with van der Waals surface area (Å²) < 4.78 is 6.10. The topological polar surface area (TPSA) is 153 Å². The number of anilines is 2. The molecule has 1 saturated carbocycles. The van der Waals surface area contributed by atoms with Crippen LogP contribution in [0.5, 0.6) is 0 Å². The highest BCUT2D eigenvalue weighted by Crippen LogP contribution is 2.34. The Morgan fingerprint density at radius 3 is 2.59 bits per heavy atom. The van der Waals surface area contributed by atoms with Gasteiger partial charge in [0.15, 0.2) is 0 Å². The number of H-pyrrole nitrogens is 1. The molecule has 0 radical (unpaired) electrons. The predicted octanol–water partition coefficient (Wildman–Crippen LogP) is 0.794. The van der Waals surface area contributed by atoms with Crippen LogP contribution in [0.4, 0.5) is 11.8 Å². The van der Waals surface area contributed by atoms with E-state index in [1.54, 1.807) is 0 Å². The fourth-order valence-electron chi connectivity index (χ4n) is 3.96. The van der Waals surface area contributed by atoms with Gasteiger partial charge in [0, 0.05) is 12.5 Å². The average Bonchev–Trinajstić information content (AvgIpc) is 3.26. The fraction of sp³-hybridized carbons (Fsp3) is 0.450. The summed E-state index contributed by atoms with van der Waals surface area (Å²) in [5.41, 5.74) is 0.676. The van der Waals surface area contributed by atoms with Gasteiger partial charge < -0.3 is 30.7 Å². The van der Waals surface area contributed by atoms with Gasteiger partial charge in [-0.25, -0.2) is 4.98 Å². The van der Waals surface area contributed by atoms with Gasteiger partial charge in [-0.05, 0) is 18.6 Å². The number of benzene rings is 1. The normalized spacial score (nSPS) is 25.3. The number of aromatic nitrogens is 3. The SMILES string of the molecule is Cl.O=c1[nH]c(NC2COC2)nc(N[C@@H]2C[C@H](CO)[C@@H](O)[C@H]2O)c1-c1nc2ccccc2s1. The average molecular weight is 482 g/mol. The Labute approximate surface area is 193 Å². The molecule has 0 amide bonds. The van der Waals surface area contributed by atoms with Crippen LogP contribution in [0.25, 0.3) is 20.8 Å². The Balaban J connectivity index is 0.00000245. The number of fused-ring (bicyclic) bond motifs is 1. The summed E-state index contributed by atoms with van der Waals surface area (Å²) in [6.45, 7) is 0.814. The minimum atomic E-state index is -1.10. The first-order valence-electron chi connectivity index (χ1n) is 10.1. The van der Waals surface area contributed by atoms with Crippen LogP contribution in [0, 0.1) is 5.92 Å². The summed E-state index contributed by atoms with van der Waals surface area (Å²) >= 11 is 1.38. The lowest BCUT2D eigenvalue weighted by Gasteiger charge is -2.27. The zero-order valence-electron chi connectivity index (χ0n) is 16.9. The van der Waals surface area contributed by atoms with Crippen molar-refractivity contribution in [1.82, 2.24) is 15.0 Å². The van der Waals surface area contributed by atoms with Crippen molar-refractivity contribution < 1.29 is 20.1 Å². The number of halogens is 1. The van der Waals surface area contributed by atoms with E-state index in [1.807, 2.05) is 24.3 Å². The van der Waals surface area contributed by atoms with Crippen LogP contribution in [-0.2, 0) is 4.74 Å². The molecule has 2 aromatic heterocycles. The van der Waals surface area contributed by atoms with Crippen LogP contribution >= 0.6 is 23.7 Å². The Morgan fingerprint density at radius 1 is 1.16 bits per heavy atom. The van der Waals surface area contributed by atoms with Gasteiger partial charge in [0.2, 0.25) is 5.95 Å². The van der Waals surface area contributed by atoms with Crippen LogP contribution in [0.2, 0.25) is 0 Å². The lowest BCUT2D eigenvalue weighted by atomic mass is 10.1. The second-order valence-corrected chi connectivity index (χ2v) is 8.94. The van der Waals surface area contributed by atoms with E-state index >= 15 is 0 Å². The van der Waals surface area contributed by atoms with Crippen molar-refractivity contribution in [2.24, 2.45) is 5.92 Å². The van der Waals surface area contributed by atoms with Crippen LogP contribution < -0.4 is 16.2 Å². The van der Waals surface area contributed by atoms with E-state index in [0.717, 1.165) is 10.2 Å². The van der Waals surface area contributed by atoms with Gasteiger partial charge in [0.25, 0.3) is 5.56 Å². The molecule has 5 rings (SSSR count). The van der Waals surface area contributed by atoms with Crippen LogP contribution in [-0.4, -0.2) is 74.4 Å². The standard InChI is InChI=1S/C20H23N5O5S.ClH/c26-6-9-5-12(16(28)15(9)27)22-17-14(19-23-11-3-1-2-4-13(11)31-19)18(29)25-20(24-17)21-10-7-30-8-10;/h1-4,9-10,12,15-16,26-28H,5-8H2,(H3,21,22,24,25,29);1H/t9-,12-,15-,16+;/m1./s1. The van der Waals surface area contributed by atoms with Crippen molar-refractivity contribution in [2.45, 2.75) is 30.7 Å². The second-order valence-electron chi connectivity index (χ2n) is 7.91. The molecule has 6 N–H and O–H groups in total. The minimum Gasteiger partial charge on any atom is -0.396 e. The molecule has 12 heteroatoms. The molecule has 32 heavy (non-hydrogen) atoms. The maximum atomic E-state index is 13.1. The van der Waals surface area contributed by atoms with Crippen molar-refractivity contribution in [1.29, 1.82) is 0 Å². The quantitative estimate of drug-likeness (QED) is 0.300. The molecule has 0 unspecified atom stereocenters. The summed E-state index contributed by atoms with van der Waals surface area (Å²) in [4.78, 5) is 25.0. The first-order chi connectivity index (χ1) is 15.0. The number of hydrogen-bond donors (Lipinski definition) is 6. The fourth-order valence-corrected chi connectivity index (χ4v) is 4.97. The molecular formula is C20H24ClN5O5S. The second kappa shape index (κ2) is 9.30. The number of aliphatic hydroxyl groups excluding tert-OH is 3. The Morgan fingerprint density at radius 2 is 1.94 bits per heavy atom. The Bertz CT molecular complexity index is 1120. The van der Waals surface area contributed by atoms with Gasteiger partial charge in [-0.3, -0.25) is 9.78 Å². The number of para-hydroxylation sites is 1. The number of nitrogens with one attached hydrogen (secondary N) is 3. The maximum absolute atomic E-state index is 13.1. The molecule has 4 atom stereocenters. The molecule has 3 heterocycles. The highest BCUT2D eigenvalue weighted by Gasteiger charge is 2.41. The Kier molecular flexibility index (Phi) is 6.65. The zero-order valence-corrected chi connectivity index (χ0v) is 18.5. The number of aliphatic hydroxyl groups is 3. The minimum absolute atomic E-state index is 0. The van der Waals surface area contributed by atoms with Crippen LogP contribution in [0.15, 0.2) is 29.1 Å². The third-order valence-corrected chi connectivity index (χ3v) is 6.82. The zero-order chi connectivity index (χ0) is 21.5. The number of ether oxygens (including phenoxy) is 1. The van der Waals surface area contributed by atoms with Gasteiger partial charge in [0.1, 0.15) is 22.5 Å². The molecule has 172 valence electrons. The van der Waals surface area contributed by atoms with E-state index in [4.69, 9.17) is 4.74 Å². The number of nitrogens with zero attached hydrogens (tertiary/aromatic N) is 2. The predicted molar refractivity (Wildman–Crippen MR) is 124 cm³/mol. The molecule has 1 aliphatic carbocycles. The molecule has 2 fully saturated rings. The first kappa shape index (κ1) is 22.9. The molecule has 3 aromatic rings. The summed E-state index contributed by atoms with van der Waals surface area (Å²) in [7, 11) is 0. The van der Waals surface area contributed by atoms with E-state index in [-0.39, 0.29) is 47.9 Å². The van der Waals surface area contributed by atoms with Crippen molar-refractivity contribution in [3.8, 4) is 10.6 Å². The number of hydrogen-bond acceptors (Lipinski definition) is 10. The van der Waals surface area contributed by atoms with Gasteiger partial charge in [-0.1, -0.05) is 12.1 Å². The van der Waals surface area contributed by atoms with E-state index in [1.165, 1.54) is 11.3 Å². The lowest BCUT2D eigenvalue weighted by Crippen LogP contribution is -2.41. The summed E-state index contributed by atoms with van der Waals surface area (Å²) in [5.74, 6) is 0.0999. The summed E-state index contributed by atoms with van der Waals surface area (Å²) in [5, 5.41) is 36.9. The van der Waals surface area contributed by atoms with Gasteiger partial charge in [-0.15, -0.1) is 23.7 Å². The number of thiazole rings is 1. The molecule has 0 bridgehead atoms. The van der Waals surface area contributed by atoms with Crippen molar-refractivity contribution in [3.05, 3.63) is 34.6 Å². The molecule has 1 aliphatic heterocycles. The van der Waals surface area contributed by atoms with E-state index in [9.17, 15) is 20.1 Å². The van der Waals surface area contributed by atoms with Crippen LogP contribution in [0.1, 0.15) is 6.42 Å². The van der Waals surface area contributed by atoms with E-state index in [0.29, 0.717) is 24.6 Å². The molecule has 10 nitrogen and oxygen atoms in total. The van der Waals surface area contributed by atoms with Gasteiger partial charge >= 0.3 is 0 Å². The monoisotopic (exact) mass is 481 g/mol. The van der Waals surface area contributed by atoms with E-state index < -0.39 is 24.2 Å². The summed E-state index contributed by atoms with van der Waals surface area (Å²) in [6.07, 6.45) is -1.82. The van der Waals surface area contributed by atoms with Crippen molar-refractivity contribution in [2.75, 3.05) is 30.5 Å². The van der Waals surface area contributed by atoms with Crippen molar-refractivity contribution >= 4 is 45.7 Å². The smallest absolute Gasteiger partial charge is 0.264 e. The van der Waals surface area contributed by atoms with Crippen molar-refractivity contribution in [3.63, 3.8) is 0 Å². The summed E-state index contributed by atoms with van der Waals surface area (Å²) in [6, 6.07) is 7.08. The first-order valence-corrected chi connectivity index (χ1v) is 10.9.